The molecule has 3 rings (SSSR count). The van der Waals surface area contributed by atoms with Crippen LogP contribution in [0.5, 0.6) is 0 Å². The summed E-state index contributed by atoms with van der Waals surface area (Å²) in [6.45, 7) is 0. The minimum atomic E-state index is -1.72. The molecular formula is C26H32N8O8. The summed E-state index contributed by atoms with van der Waals surface area (Å²) in [6, 6.07) is 1.77. The lowest BCUT2D eigenvalue weighted by Crippen LogP contribution is -2.58. The molecule has 11 N–H and O–H groups in total. The van der Waals surface area contributed by atoms with Crippen LogP contribution >= 0.6 is 0 Å². The monoisotopic (exact) mass is 584 g/mol. The minimum Gasteiger partial charge on any atom is -0.481 e. The number of hydrogen-bond acceptors (Lipinski definition) is 8. The van der Waals surface area contributed by atoms with Crippen molar-refractivity contribution in [3.05, 3.63) is 54.2 Å². The van der Waals surface area contributed by atoms with Crippen molar-refractivity contribution in [3.63, 3.8) is 0 Å². The lowest BCUT2D eigenvalue weighted by Gasteiger charge is -2.24. The predicted octanol–water partition coefficient (Wildman–Crippen LogP) is -1.72. The number of carbonyl (C=O) groups excluding carboxylic acids is 4. The summed E-state index contributed by atoms with van der Waals surface area (Å²) >= 11 is 0. The second kappa shape index (κ2) is 14.4. The van der Waals surface area contributed by atoms with Gasteiger partial charge in [0.05, 0.1) is 18.8 Å². The molecule has 0 aliphatic carbocycles. The van der Waals surface area contributed by atoms with E-state index in [1.165, 1.54) is 12.5 Å². The largest absolute Gasteiger partial charge is 0.481 e. The summed E-state index contributed by atoms with van der Waals surface area (Å²) in [5.74, 6) is -6.48. The first-order chi connectivity index (χ1) is 19.9. The third-order valence-corrected chi connectivity index (χ3v) is 6.37. The van der Waals surface area contributed by atoms with Crippen molar-refractivity contribution < 1.29 is 39.0 Å². The molecule has 0 aliphatic heterocycles. The fraction of sp³-hybridized carbons (Fsp3) is 0.346. The number of hydrogen-bond donors (Lipinski definition) is 9. The molecule has 4 unspecified atom stereocenters. The Labute approximate surface area is 238 Å². The standard InChI is InChI=1S/C26H32N8O8/c27-16(7-13-10-30-17-4-2-1-3-15(13)17)23(38)33-19(8-14-11-29-12-31-14)24(39)34-20(9-22(36)37)25(40)32-18(26(41)42)5-6-21(28)35/h1-4,10-12,16,18-20,30H,5-9,27H2,(H2,28,35)(H,29,31)(H,32,40)(H,33,38)(H,34,39)(H,36,37)(H,41,42). The maximum Gasteiger partial charge on any atom is 0.326 e. The molecule has 0 aliphatic rings. The van der Waals surface area contributed by atoms with Crippen molar-refractivity contribution in [2.45, 2.75) is 56.3 Å². The van der Waals surface area contributed by atoms with Gasteiger partial charge >= 0.3 is 11.9 Å². The third-order valence-electron chi connectivity index (χ3n) is 6.37. The number of benzene rings is 1. The zero-order valence-electron chi connectivity index (χ0n) is 22.3. The molecule has 4 atom stereocenters. The maximum atomic E-state index is 13.3. The molecule has 3 aromatic rings. The number of H-pyrrole nitrogens is 2. The lowest BCUT2D eigenvalue weighted by atomic mass is 10.0. The molecule has 224 valence electrons. The van der Waals surface area contributed by atoms with E-state index in [1.807, 2.05) is 24.3 Å². The summed E-state index contributed by atoms with van der Waals surface area (Å²) < 4.78 is 0. The van der Waals surface area contributed by atoms with Crippen molar-refractivity contribution in [1.82, 2.24) is 30.9 Å². The number of nitrogens with two attached hydrogens (primary N) is 2. The average Bonchev–Trinajstić information content (AvgIpc) is 3.59. The number of carboxylic acids is 2. The van der Waals surface area contributed by atoms with Crippen LogP contribution in [-0.4, -0.2) is 84.9 Å². The van der Waals surface area contributed by atoms with Crippen LogP contribution in [0, 0.1) is 0 Å². The highest BCUT2D eigenvalue weighted by molar-refractivity contribution is 5.96. The Morgan fingerprint density at radius 3 is 2.19 bits per heavy atom. The number of nitrogens with one attached hydrogen (secondary N) is 5. The first kappa shape index (κ1) is 31.3. The molecule has 16 heteroatoms. The average molecular weight is 585 g/mol. The smallest absolute Gasteiger partial charge is 0.326 e. The number of carboxylic acid groups (broad SMARTS) is 2. The highest BCUT2D eigenvalue weighted by Crippen LogP contribution is 2.19. The van der Waals surface area contributed by atoms with Crippen LogP contribution in [0.2, 0.25) is 0 Å². The molecule has 2 aromatic heterocycles. The van der Waals surface area contributed by atoms with Gasteiger partial charge in [0.1, 0.15) is 18.1 Å². The quantitative estimate of drug-likeness (QED) is 0.0918. The van der Waals surface area contributed by atoms with E-state index in [4.69, 9.17) is 11.5 Å². The van der Waals surface area contributed by atoms with Gasteiger partial charge in [-0.2, -0.15) is 0 Å². The van der Waals surface area contributed by atoms with E-state index in [2.05, 4.69) is 30.9 Å². The predicted molar refractivity (Wildman–Crippen MR) is 146 cm³/mol. The highest BCUT2D eigenvalue weighted by atomic mass is 16.4. The summed E-state index contributed by atoms with van der Waals surface area (Å²) in [4.78, 5) is 83.0. The van der Waals surface area contributed by atoms with E-state index in [-0.39, 0.29) is 25.7 Å². The Kier molecular flexibility index (Phi) is 10.7. The zero-order valence-corrected chi connectivity index (χ0v) is 22.3. The molecular weight excluding hydrogens is 552 g/mol. The van der Waals surface area contributed by atoms with E-state index >= 15 is 0 Å². The molecule has 0 saturated carbocycles. The number of aromatic nitrogens is 3. The number of rotatable bonds is 16. The minimum absolute atomic E-state index is 0.116. The summed E-state index contributed by atoms with van der Waals surface area (Å²) in [7, 11) is 0. The van der Waals surface area contributed by atoms with Crippen molar-refractivity contribution in [3.8, 4) is 0 Å². The first-order valence-corrected chi connectivity index (χ1v) is 12.9. The number of primary amides is 1. The van der Waals surface area contributed by atoms with E-state index in [0.717, 1.165) is 16.5 Å². The van der Waals surface area contributed by atoms with E-state index in [9.17, 15) is 39.0 Å². The third kappa shape index (κ3) is 8.88. The van der Waals surface area contributed by atoms with Crippen molar-refractivity contribution in [1.29, 1.82) is 0 Å². The van der Waals surface area contributed by atoms with Gasteiger partial charge in [-0.05, 0) is 24.5 Å². The number of aromatic amines is 2. The Balaban J connectivity index is 1.74. The fourth-order valence-electron chi connectivity index (χ4n) is 4.21. The number of aliphatic carboxylic acids is 2. The Morgan fingerprint density at radius 2 is 1.55 bits per heavy atom. The van der Waals surface area contributed by atoms with Gasteiger partial charge in [0.25, 0.3) is 0 Å². The number of fused-ring (bicyclic) bond motifs is 1. The van der Waals surface area contributed by atoms with Crippen LogP contribution in [0.3, 0.4) is 0 Å². The second-order valence-corrected chi connectivity index (χ2v) is 9.58. The van der Waals surface area contributed by atoms with Gasteiger partial charge in [0.2, 0.25) is 23.6 Å². The highest BCUT2D eigenvalue weighted by Gasteiger charge is 2.32. The van der Waals surface area contributed by atoms with Crippen molar-refractivity contribution in [2.75, 3.05) is 0 Å². The van der Waals surface area contributed by atoms with Crippen LogP contribution in [0.15, 0.2) is 43.0 Å². The van der Waals surface area contributed by atoms with Crippen LogP contribution in [0.25, 0.3) is 10.9 Å². The van der Waals surface area contributed by atoms with Gasteiger partial charge in [-0.3, -0.25) is 24.0 Å². The number of nitrogens with zero attached hydrogens (tertiary/aromatic N) is 1. The van der Waals surface area contributed by atoms with E-state index in [0.29, 0.717) is 5.69 Å². The van der Waals surface area contributed by atoms with Gasteiger partial charge < -0.3 is 47.6 Å². The number of para-hydroxylation sites is 1. The number of carbonyl (C=O) groups is 6. The van der Waals surface area contributed by atoms with E-state index in [1.54, 1.807) is 6.20 Å². The molecule has 0 saturated heterocycles. The summed E-state index contributed by atoms with van der Waals surface area (Å²) in [5, 5.41) is 26.5. The van der Waals surface area contributed by atoms with Crippen molar-refractivity contribution in [2.24, 2.45) is 11.5 Å². The molecule has 2 heterocycles. The zero-order chi connectivity index (χ0) is 30.8. The number of imidazole rings is 1. The van der Waals surface area contributed by atoms with Gasteiger partial charge in [0, 0.05) is 41.8 Å². The maximum absolute atomic E-state index is 13.3. The Bertz CT molecular complexity index is 1440. The first-order valence-electron chi connectivity index (χ1n) is 12.9. The van der Waals surface area contributed by atoms with Gasteiger partial charge in [0.15, 0.2) is 0 Å². The summed E-state index contributed by atoms with van der Waals surface area (Å²) in [5.41, 5.74) is 13.3. The molecule has 42 heavy (non-hydrogen) atoms. The normalized spacial score (nSPS) is 13.8. The number of amides is 4. The summed E-state index contributed by atoms with van der Waals surface area (Å²) in [6.07, 6.45) is 2.92. The SMILES string of the molecule is NC(=O)CCC(NC(=O)C(CC(=O)O)NC(=O)C(Cc1cnc[nH]1)NC(=O)C(N)Cc1c[nH]c2ccccc12)C(=O)O. The van der Waals surface area contributed by atoms with E-state index < -0.39 is 66.2 Å². The van der Waals surface area contributed by atoms with Crippen molar-refractivity contribution >= 4 is 46.5 Å². The van der Waals surface area contributed by atoms with Crippen LogP contribution in [0.4, 0.5) is 0 Å². The topological polar surface area (TPSA) is 275 Å². The van der Waals surface area contributed by atoms with Gasteiger partial charge in [-0.1, -0.05) is 18.2 Å². The second-order valence-electron chi connectivity index (χ2n) is 9.58. The van der Waals surface area contributed by atoms with Gasteiger partial charge in [-0.25, -0.2) is 9.78 Å². The molecule has 0 spiro atoms. The molecule has 16 nitrogen and oxygen atoms in total. The lowest BCUT2D eigenvalue weighted by molar-refractivity contribution is -0.143. The molecule has 1 aromatic carbocycles. The van der Waals surface area contributed by atoms with Crippen LogP contribution in [-0.2, 0) is 41.6 Å². The molecule has 0 fully saturated rings. The Hall–Kier alpha value is -5.25. The van der Waals surface area contributed by atoms with Crippen LogP contribution in [0.1, 0.15) is 30.5 Å². The fourth-order valence-corrected chi connectivity index (χ4v) is 4.21. The molecule has 0 bridgehead atoms. The van der Waals surface area contributed by atoms with Crippen LogP contribution < -0.4 is 27.4 Å². The molecule has 4 amide bonds. The molecule has 0 radical (unpaired) electrons. The Morgan fingerprint density at radius 1 is 0.881 bits per heavy atom. The van der Waals surface area contributed by atoms with Gasteiger partial charge in [-0.15, -0.1) is 0 Å².